The van der Waals surface area contributed by atoms with Crippen molar-refractivity contribution in [3.05, 3.63) is 89.2 Å². The summed E-state index contributed by atoms with van der Waals surface area (Å²) in [6, 6.07) is 16.3. The Kier molecular flexibility index (Phi) is 6.66. The number of benzene rings is 3. The molecule has 31 heavy (non-hydrogen) atoms. The van der Waals surface area contributed by atoms with E-state index in [2.05, 4.69) is 9.93 Å². The van der Waals surface area contributed by atoms with Gasteiger partial charge in [0.1, 0.15) is 5.82 Å². The molecule has 0 aliphatic heterocycles. The molecule has 3 aromatic carbocycles. The van der Waals surface area contributed by atoms with Gasteiger partial charge in [0.2, 0.25) is 0 Å². The highest BCUT2D eigenvalue weighted by molar-refractivity contribution is 7.89. The molecule has 0 radical (unpaired) electrons. The largest absolute Gasteiger partial charge is 0.493 e. The van der Waals surface area contributed by atoms with Gasteiger partial charge in [-0.25, -0.2) is 14.0 Å². The SMILES string of the molecule is COc1cc(/C=N/NS(=O)(=O)c2ccc(C)cc2)ccc1OC(=O)c1ccccc1F. The lowest BCUT2D eigenvalue weighted by molar-refractivity contribution is 0.0725. The Hall–Kier alpha value is -3.72. The second kappa shape index (κ2) is 9.40. The van der Waals surface area contributed by atoms with Gasteiger partial charge < -0.3 is 9.47 Å². The lowest BCUT2D eigenvalue weighted by Crippen LogP contribution is -2.18. The van der Waals surface area contributed by atoms with Gasteiger partial charge in [-0.2, -0.15) is 13.5 Å². The summed E-state index contributed by atoms with van der Waals surface area (Å²) in [5.74, 6) is -1.30. The maximum Gasteiger partial charge on any atom is 0.346 e. The summed E-state index contributed by atoms with van der Waals surface area (Å²) < 4.78 is 48.7. The van der Waals surface area contributed by atoms with Crippen molar-refractivity contribution in [2.24, 2.45) is 5.10 Å². The molecule has 3 rings (SSSR count). The van der Waals surface area contributed by atoms with Crippen molar-refractivity contribution >= 4 is 22.2 Å². The zero-order valence-electron chi connectivity index (χ0n) is 16.7. The monoisotopic (exact) mass is 442 g/mol. The molecule has 0 saturated heterocycles. The number of nitrogens with zero attached hydrogens (tertiary/aromatic N) is 1. The number of halogens is 1. The van der Waals surface area contributed by atoms with Crippen LogP contribution in [0.5, 0.6) is 11.5 Å². The topological polar surface area (TPSA) is 94.1 Å². The van der Waals surface area contributed by atoms with Gasteiger partial charge in [-0.05, 0) is 55.0 Å². The molecule has 7 nitrogen and oxygen atoms in total. The highest BCUT2D eigenvalue weighted by Crippen LogP contribution is 2.28. The summed E-state index contributed by atoms with van der Waals surface area (Å²) in [7, 11) is -2.43. The van der Waals surface area contributed by atoms with E-state index in [1.54, 1.807) is 12.1 Å². The van der Waals surface area contributed by atoms with Crippen molar-refractivity contribution in [1.82, 2.24) is 4.83 Å². The predicted octanol–water partition coefficient (Wildman–Crippen LogP) is 3.67. The maximum absolute atomic E-state index is 13.8. The summed E-state index contributed by atoms with van der Waals surface area (Å²) in [5, 5.41) is 3.76. The molecule has 0 spiro atoms. The van der Waals surface area contributed by atoms with Gasteiger partial charge in [0.05, 0.1) is 23.8 Å². The van der Waals surface area contributed by atoms with Crippen LogP contribution in [0.15, 0.2) is 76.7 Å². The van der Waals surface area contributed by atoms with Crippen molar-refractivity contribution in [2.45, 2.75) is 11.8 Å². The minimum atomic E-state index is -3.81. The van der Waals surface area contributed by atoms with Crippen molar-refractivity contribution < 1.29 is 27.1 Å². The van der Waals surface area contributed by atoms with Crippen molar-refractivity contribution in [2.75, 3.05) is 7.11 Å². The lowest BCUT2D eigenvalue weighted by atomic mass is 10.2. The van der Waals surface area contributed by atoms with Gasteiger partial charge in [-0.1, -0.05) is 29.8 Å². The minimum Gasteiger partial charge on any atom is -0.493 e. The number of aryl methyl sites for hydroxylation is 1. The number of hydrogen-bond acceptors (Lipinski definition) is 6. The molecule has 0 saturated carbocycles. The van der Waals surface area contributed by atoms with Gasteiger partial charge in [0.25, 0.3) is 10.0 Å². The number of ether oxygens (including phenoxy) is 2. The van der Waals surface area contributed by atoms with Crippen LogP contribution in [-0.4, -0.2) is 27.7 Å². The summed E-state index contributed by atoms with van der Waals surface area (Å²) >= 11 is 0. The molecule has 0 heterocycles. The van der Waals surface area contributed by atoms with E-state index in [9.17, 15) is 17.6 Å². The van der Waals surface area contributed by atoms with Crippen LogP contribution in [0.25, 0.3) is 0 Å². The summed E-state index contributed by atoms with van der Waals surface area (Å²) in [6.07, 6.45) is 1.27. The Bertz CT molecular complexity index is 1220. The standard InChI is InChI=1S/C22H19FN2O5S/c1-15-7-10-17(11-8-15)31(27,28)25-24-14-16-9-12-20(21(13-16)29-2)30-22(26)18-5-3-4-6-19(18)23/h3-14,25H,1-2H3/b24-14+. The normalized spacial score (nSPS) is 11.3. The molecule has 3 aromatic rings. The summed E-state index contributed by atoms with van der Waals surface area (Å²) in [6.45, 7) is 1.85. The Morgan fingerprint density at radius 3 is 2.42 bits per heavy atom. The van der Waals surface area contributed by atoms with E-state index in [1.165, 1.54) is 61.9 Å². The molecule has 0 atom stereocenters. The molecule has 0 aliphatic carbocycles. The molecule has 0 unspecified atom stereocenters. The summed E-state index contributed by atoms with van der Waals surface area (Å²) in [5.41, 5.74) is 1.21. The van der Waals surface area contributed by atoms with Crippen molar-refractivity contribution in [3.63, 3.8) is 0 Å². The highest BCUT2D eigenvalue weighted by Gasteiger charge is 2.16. The van der Waals surface area contributed by atoms with E-state index in [-0.39, 0.29) is 22.0 Å². The van der Waals surface area contributed by atoms with E-state index < -0.39 is 21.8 Å². The quantitative estimate of drug-likeness (QED) is 0.261. The third kappa shape index (κ3) is 5.46. The van der Waals surface area contributed by atoms with Gasteiger partial charge in [-0.3, -0.25) is 0 Å². The molecule has 0 bridgehead atoms. The second-order valence-corrected chi connectivity index (χ2v) is 8.11. The zero-order chi connectivity index (χ0) is 22.4. The van der Waals surface area contributed by atoms with Crippen LogP contribution in [-0.2, 0) is 10.0 Å². The second-order valence-electron chi connectivity index (χ2n) is 6.45. The first-order valence-electron chi connectivity index (χ1n) is 9.06. The van der Waals surface area contributed by atoms with Gasteiger partial charge in [0, 0.05) is 0 Å². The maximum atomic E-state index is 13.8. The van der Waals surface area contributed by atoms with Crippen LogP contribution in [0, 0.1) is 12.7 Å². The fourth-order valence-corrected chi connectivity index (χ4v) is 3.36. The molecular formula is C22H19FN2O5S. The molecule has 0 fully saturated rings. The number of hydrazone groups is 1. The molecule has 1 N–H and O–H groups in total. The average molecular weight is 442 g/mol. The Labute approximate surface area is 179 Å². The molecule has 0 aromatic heterocycles. The smallest absolute Gasteiger partial charge is 0.346 e. The van der Waals surface area contributed by atoms with Crippen LogP contribution < -0.4 is 14.3 Å². The predicted molar refractivity (Wildman–Crippen MR) is 113 cm³/mol. The van der Waals surface area contributed by atoms with Crippen LogP contribution in [0.1, 0.15) is 21.5 Å². The van der Waals surface area contributed by atoms with E-state index in [0.717, 1.165) is 11.6 Å². The van der Waals surface area contributed by atoms with E-state index in [1.807, 2.05) is 6.92 Å². The molecule has 0 amide bonds. The van der Waals surface area contributed by atoms with Gasteiger partial charge in [0.15, 0.2) is 11.5 Å². The molecule has 160 valence electrons. The van der Waals surface area contributed by atoms with E-state index in [0.29, 0.717) is 5.56 Å². The first-order valence-corrected chi connectivity index (χ1v) is 10.5. The Morgan fingerprint density at radius 2 is 1.74 bits per heavy atom. The number of methoxy groups -OCH3 is 1. The third-order valence-electron chi connectivity index (χ3n) is 4.20. The van der Waals surface area contributed by atoms with Crippen molar-refractivity contribution in [3.8, 4) is 11.5 Å². The van der Waals surface area contributed by atoms with Crippen LogP contribution in [0.4, 0.5) is 4.39 Å². The van der Waals surface area contributed by atoms with E-state index >= 15 is 0 Å². The molecular weight excluding hydrogens is 423 g/mol. The zero-order valence-corrected chi connectivity index (χ0v) is 17.5. The highest BCUT2D eigenvalue weighted by atomic mass is 32.2. The van der Waals surface area contributed by atoms with Gasteiger partial charge in [-0.15, -0.1) is 0 Å². The number of sulfonamides is 1. The summed E-state index contributed by atoms with van der Waals surface area (Å²) in [4.78, 5) is 14.4. The lowest BCUT2D eigenvalue weighted by Gasteiger charge is -2.10. The van der Waals surface area contributed by atoms with Gasteiger partial charge >= 0.3 is 5.97 Å². The number of carbonyl (C=O) groups excluding carboxylic acids is 1. The number of nitrogens with one attached hydrogen (secondary N) is 1. The number of carbonyl (C=O) groups is 1. The number of hydrogen-bond donors (Lipinski definition) is 1. The van der Waals surface area contributed by atoms with Crippen LogP contribution in [0.3, 0.4) is 0 Å². The van der Waals surface area contributed by atoms with Crippen LogP contribution in [0.2, 0.25) is 0 Å². The van der Waals surface area contributed by atoms with Crippen LogP contribution >= 0.6 is 0 Å². The third-order valence-corrected chi connectivity index (χ3v) is 5.44. The van der Waals surface area contributed by atoms with Crippen molar-refractivity contribution in [1.29, 1.82) is 0 Å². The number of rotatable bonds is 7. The molecule has 9 heteroatoms. The fraction of sp³-hybridized carbons (Fsp3) is 0.0909. The molecule has 0 aliphatic rings. The Balaban J connectivity index is 1.73. The van der Waals surface area contributed by atoms with E-state index in [4.69, 9.17) is 9.47 Å². The first kappa shape index (κ1) is 22.0. The fourth-order valence-electron chi connectivity index (χ4n) is 2.57. The first-order chi connectivity index (χ1) is 14.8. The Morgan fingerprint density at radius 1 is 1.03 bits per heavy atom. The average Bonchev–Trinajstić information content (AvgIpc) is 2.75. The number of esters is 1. The minimum absolute atomic E-state index is 0.0770.